The molecule has 0 aromatic carbocycles. The molecular formula is C24H41IN8. The van der Waals surface area contributed by atoms with Gasteiger partial charge in [0.05, 0.1) is 12.2 Å². The first-order chi connectivity index (χ1) is 15.4. The van der Waals surface area contributed by atoms with Crippen molar-refractivity contribution in [1.82, 2.24) is 30.3 Å². The number of likely N-dealkylation sites (N-methyl/N-ethyl adjacent to an activating group) is 1. The third-order valence-electron chi connectivity index (χ3n) is 6.27. The van der Waals surface area contributed by atoms with Gasteiger partial charge in [0, 0.05) is 57.7 Å². The molecule has 1 saturated heterocycles. The first-order valence-electron chi connectivity index (χ1n) is 11.9. The van der Waals surface area contributed by atoms with Gasteiger partial charge in [-0.2, -0.15) is 5.10 Å². The molecule has 1 atom stereocenters. The summed E-state index contributed by atoms with van der Waals surface area (Å²) in [6.07, 6.45) is 2.82. The summed E-state index contributed by atoms with van der Waals surface area (Å²) in [7, 11) is 2.00. The molecule has 0 saturated carbocycles. The fourth-order valence-corrected chi connectivity index (χ4v) is 4.22. The van der Waals surface area contributed by atoms with E-state index in [1.807, 2.05) is 17.9 Å². The highest BCUT2D eigenvalue weighted by Crippen LogP contribution is 2.16. The second-order valence-corrected chi connectivity index (χ2v) is 8.66. The average Bonchev–Trinajstić information content (AvgIpc) is 3.03. The highest BCUT2D eigenvalue weighted by Gasteiger charge is 2.17. The average molecular weight is 569 g/mol. The quantitative estimate of drug-likeness (QED) is 0.290. The van der Waals surface area contributed by atoms with Crippen molar-refractivity contribution in [3.05, 3.63) is 40.8 Å². The van der Waals surface area contributed by atoms with Gasteiger partial charge in [-0.3, -0.25) is 4.68 Å². The largest absolute Gasteiger partial charge is 0.357 e. The number of aliphatic imine (C=N–C) groups is 1. The fraction of sp³-hybridized carbons (Fsp3) is 0.625. The van der Waals surface area contributed by atoms with Crippen molar-refractivity contribution < 1.29 is 0 Å². The minimum atomic E-state index is 0. The van der Waals surface area contributed by atoms with Gasteiger partial charge in [0.2, 0.25) is 0 Å². The van der Waals surface area contributed by atoms with Crippen LogP contribution >= 0.6 is 24.0 Å². The normalized spacial score (nSPS) is 15.8. The van der Waals surface area contributed by atoms with E-state index in [1.165, 1.54) is 16.8 Å². The van der Waals surface area contributed by atoms with Gasteiger partial charge >= 0.3 is 0 Å². The minimum absolute atomic E-state index is 0. The van der Waals surface area contributed by atoms with Gasteiger partial charge in [0.1, 0.15) is 5.82 Å². The Morgan fingerprint density at radius 3 is 2.52 bits per heavy atom. The number of hydrogen-bond donors (Lipinski definition) is 2. The Morgan fingerprint density at radius 1 is 1.18 bits per heavy atom. The summed E-state index contributed by atoms with van der Waals surface area (Å²) in [6, 6.07) is 4.49. The molecule has 2 aromatic heterocycles. The van der Waals surface area contributed by atoms with Crippen LogP contribution in [0.3, 0.4) is 0 Å². The van der Waals surface area contributed by atoms with E-state index in [0.717, 1.165) is 63.2 Å². The Morgan fingerprint density at radius 2 is 1.91 bits per heavy atom. The number of guanidine groups is 1. The third kappa shape index (κ3) is 7.56. The molecule has 184 valence electrons. The highest BCUT2D eigenvalue weighted by atomic mass is 127. The van der Waals surface area contributed by atoms with E-state index in [-0.39, 0.29) is 30.0 Å². The van der Waals surface area contributed by atoms with E-state index >= 15 is 0 Å². The van der Waals surface area contributed by atoms with E-state index in [0.29, 0.717) is 6.54 Å². The lowest BCUT2D eigenvalue weighted by atomic mass is 10.1. The van der Waals surface area contributed by atoms with E-state index < -0.39 is 0 Å². The molecular weight excluding hydrogens is 527 g/mol. The van der Waals surface area contributed by atoms with Crippen LogP contribution in [-0.2, 0) is 20.0 Å². The van der Waals surface area contributed by atoms with Crippen molar-refractivity contribution >= 4 is 35.8 Å². The minimum Gasteiger partial charge on any atom is -0.357 e. The number of pyridine rings is 1. The number of anilines is 1. The number of nitrogens with one attached hydrogen (secondary N) is 2. The predicted octanol–water partition coefficient (Wildman–Crippen LogP) is 2.88. The highest BCUT2D eigenvalue weighted by molar-refractivity contribution is 14.0. The maximum Gasteiger partial charge on any atom is 0.191 e. The van der Waals surface area contributed by atoms with E-state index in [4.69, 9.17) is 4.99 Å². The summed E-state index contributed by atoms with van der Waals surface area (Å²) in [4.78, 5) is 14.3. The number of halogens is 1. The second kappa shape index (κ2) is 13.1. The smallest absolute Gasteiger partial charge is 0.191 e. The molecule has 0 bridgehead atoms. The Kier molecular flexibility index (Phi) is 10.9. The molecule has 1 aliphatic heterocycles. The Labute approximate surface area is 216 Å². The summed E-state index contributed by atoms with van der Waals surface area (Å²) in [5.74, 6) is 1.90. The number of rotatable bonds is 8. The van der Waals surface area contributed by atoms with E-state index in [2.05, 4.69) is 77.3 Å². The van der Waals surface area contributed by atoms with Crippen LogP contribution in [0.1, 0.15) is 43.3 Å². The first kappa shape index (κ1) is 27.4. The molecule has 9 heteroatoms. The van der Waals surface area contributed by atoms with Crippen LogP contribution < -0.4 is 15.5 Å². The number of hydrogen-bond acceptors (Lipinski definition) is 5. The molecule has 3 rings (SSSR count). The Balaban J connectivity index is 0.00000385. The molecule has 0 radical (unpaired) electrons. The number of aromatic nitrogens is 3. The van der Waals surface area contributed by atoms with Gasteiger partial charge in [0.25, 0.3) is 0 Å². The summed E-state index contributed by atoms with van der Waals surface area (Å²) in [6.45, 7) is 17.6. The molecule has 2 aromatic rings. The van der Waals surface area contributed by atoms with E-state index in [9.17, 15) is 0 Å². The van der Waals surface area contributed by atoms with Crippen molar-refractivity contribution in [2.45, 2.75) is 53.6 Å². The second-order valence-electron chi connectivity index (χ2n) is 8.66. The lowest BCUT2D eigenvalue weighted by Crippen LogP contribution is -2.46. The number of piperazine rings is 1. The van der Waals surface area contributed by atoms with Crippen molar-refractivity contribution in [3.8, 4) is 0 Å². The van der Waals surface area contributed by atoms with E-state index in [1.54, 1.807) is 0 Å². The van der Waals surface area contributed by atoms with Gasteiger partial charge in [-0.05, 0) is 63.9 Å². The summed E-state index contributed by atoms with van der Waals surface area (Å²) in [5, 5.41) is 11.5. The lowest BCUT2D eigenvalue weighted by Gasteiger charge is -2.34. The van der Waals surface area contributed by atoms with Crippen LogP contribution in [0.5, 0.6) is 0 Å². The molecule has 1 fully saturated rings. The SMILES string of the molecule is CCNC(=NCc1ccnc(N2CCN(CC)CC2)c1)NC(C)Cc1c(C)nn(C)c1C.I. The van der Waals surface area contributed by atoms with Gasteiger partial charge in [-0.1, -0.05) is 6.92 Å². The zero-order chi connectivity index (χ0) is 23.1. The predicted molar refractivity (Wildman–Crippen MR) is 148 cm³/mol. The number of aryl methyl sites for hydroxylation is 2. The van der Waals surface area contributed by atoms with Crippen LogP contribution in [0, 0.1) is 13.8 Å². The molecule has 0 spiro atoms. The van der Waals surface area contributed by atoms with Gasteiger partial charge in [0.15, 0.2) is 5.96 Å². The zero-order valence-electron chi connectivity index (χ0n) is 21.1. The maximum absolute atomic E-state index is 4.85. The van der Waals surface area contributed by atoms with Crippen molar-refractivity contribution in [3.63, 3.8) is 0 Å². The van der Waals surface area contributed by atoms with Crippen LogP contribution in [0.15, 0.2) is 23.3 Å². The molecule has 3 heterocycles. The summed E-state index contributed by atoms with van der Waals surface area (Å²) >= 11 is 0. The Bertz CT molecular complexity index is 902. The topological polar surface area (TPSA) is 73.6 Å². The van der Waals surface area contributed by atoms with Crippen molar-refractivity contribution in [1.29, 1.82) is 0 Å². The molecule has 1 aliphatic rings. The maximum atomic E-state index is 4.85. The summed E-state index contributed by atoms with van der Waals surface area (Å²) in [5.41, 5.74) is 4.81. The van der Waals surface area contributed by atoms with Gasteiger partial charge in [-0.15, -0.1) is 24.0 Å². The van der Waals surface area contributed by atoms with Crippen molar-refractivity contribution in [2.75, 3.05) is 44.2 Å². The van der Waals surface area contributed by atoms with Crippen LogP contribution in [0.2, 0.25) is 0 Å². The lowest BCUT2D eigenvalue weighted by molar-refractivity contribution is 0.270. The number of nitrogens with zero attached hydrogens (tertiary/aromatic N) is 6. The van der Waals surface area contributed by atoms with Gasteiger partial charge < -0.3 is 20.4 Å². The monoisotopic (exact) mass is 568 g/mol. The molecule has 0 aliphatic carbocycles. The van der Waals surface area contributed by atoms with Gasteiger partial charge in [-0.25, -0.2) is 9.98 Å². The van der Waals surface area contributed by atoms with Crippen molar-refractivity contribution in [2.24, 2.45) is 12.0 Å². The molecule has 0 amide bonds. The molecule has 1 unspecified atom stereocenters. The molecule has 2 N–H and O–H groups in total. The first-order valence-corrected chi connectivity index (χ1v) is 11.9. The molecule has 8 nitrogen and oxygen atoms in total. The van der Waals surface area contributed by atoms with Crippen LogP contribution in [-0.4, -0.2) is 70.9 Å². The fourth-order valence-electron chi connectivity index (χ4n) is 4.22. The molecule has 33 heavy (non-hydrogen) atoms. The van der Waals surface area contributed by atoms with Crippen LogP contribution in [0.4, 0.5) is 5.82 Å². The standard InChI is InChI=1S/C24H40N8.HI/c1-7-25-24(28-18(3)15-22-19(4)29-30(6)20(22)5)27-17-21-9-10-26-23(16-21)32-13-11-31(8-2)12-14-32;/h9-10,16,18H,7-8,11-15,17H2,1-6H3,(H2,25,27,28);1H. The third-order valence-corrected chi connectivity index (χ3v) is 6.27. The summed E-state index contributed by atoms with van der Waals surface area (Å²) < 4.78 is 1.96. The van der Waals surface area contributed by atoms with Crippen LogP contribution in [0.25, 0.3) is 0 Å². The Hall–Kier alpha value is -1.88. The zero-order valence-corrected chi connectivity index (χ0v) is 23.4.